The first-order chi connectivity index (χ1) is 13.4. The molecular formula is C22H25N3O3. The number of carbonyl (C=O) groups excluding carboxylic acids is 1. The highest BCUT2D eigenvalue weighted by Gasteiger charge is 2.15. The fourth-order valence-corrected chi connectivity index (χ4v) is 3.16. The van der Waals surface area contributed by atoms with E-state index in [2.05, 4.69) is 10.3 Å². The number of pyridine rings is 1. The minimum Gasteiger partial charge on any atom is -0.508 e. The van der Waals surface area contributed by atoms with Gasteiger partial charge in [-0.1, -0.05) is 13.0 Å². The van der Waals surface area contributed by atoms with Crippen LogP contribution in [0.5, 0.6) is 11.5 Å². The average molecular weight is 379 g/mol. The normalized spacial score (nSPS) is 12.0. The van der Waals surface area contributed by atoms with Gasteiger partial charge in [0.25, 0.3) is 5.91 Å². The van der Waals surface area contributed by atoms with Crippen molar-refractivity contribution in [3.63, 3.8) is 0 Å². The fourth-order valence-electron chi connectivity index (χ4n) is 3.16. The topological polar surface area (TPSA) is 97.5 Å². The number of phenolic OH excluding ortho intramolecular Hbond substituents is 1. The highest BCUT2D eigenvalue weighted by Crippen LogP contribution is 2.30. The van der Waals surface area contributed by atoms with Crippen molar-refractivity contribution in [2.45, 2.75) is 33.2 Å². The van der Waals surface area contributed by atoms with Crippen molar-refractivity contribution < 1.29 is 14.6 Å². The lowest BCUT2D eigenvalue weighted by molar-refractivity contribution is 0.0920. The van der Waals surface area contributed by atoms with Crippen LogP contribution >= 0.6 is 0 Å². The number of nitrogens with zero attached hydrogens (tertiary/aromatic N) is 1. The van der Waals surface area contributed by atoms with Gasteiger partial charge >= 0.3 is 0 Å². The molecular weight excluding hydrogens is 354 g/mol. The molecule has 3 rings (SSSR count). The van der Waals surface area contributed by atoms with E-state index in [1.807, 2.05) is 45.0 Å². The van der Waals surface area contributed by atoms with E-state index in [1.165, 1.54) is 6.07 Å². The molecule has 2 aromatic carbocycles. The van der Waals surface area contributed by atoms with E-state index in [9.17, 15) is 9.90 Å². The minimum atomic E-state index is -0.246. The largest absolute Gasteiger partial charge is 0.508 e. The summed E-state index contributed by atoms with van der Waals surface area (Å²) in [6, 6.07) is 12.1. The van der Waals surface area contributed by atoms with Gasteiger partial charge in [0.05, 0.1) is 16.9 Å². The van der Waals surface area contributed by atoms with E-state index >= 15 is 0 Å². The molecule has 0 aliphatic rings. The zero-order valence-corrected chi connectivity index (χ0v) is 16.3. The molecule has 0 saturated carbocycles. The molecule has 0 aliphatic carbocycles. The number of benzene rings is 2. The number of fused-ring (bicyclic) bond motifs is 1. The summed E-state index contributed by atoms with van der Waals surface area (Å²) in [5.41, 5.74) is 9.66. The molecule has 1 atom stereocenters. The molecule has 1 amide bonds. The van der Waals surface area contributed by atoms with Crippen LogP contribution in [-0.4, -0.2) is 28.6 Å². The van der Waals surface area contributed by atoms with E-state index in [1.54, 1.807) is 12.1 Å². The van der Waals surface area contributed by atoms with Crippen LogP contribution in [0.15, 0.2) is 42.5 Å². The number of nitrogen functional groups attached to an aromatic ring is 1. The zero-order valence-electron chi connectivity index (χ0n) is 16.3. The number of aryl methyl sites for hydroxylation is 2. The predicted octanol–water partition coefficient (Wildman–Crippen LogP) is 3.73. The molecule has 6 nitrogen and oxygen atoms in total. The molecule has 146 valence electrons. The summed E-state index contributed by atoms with van der Waals surface area (Å²) in [7, 11) is 0. The molecule has 4 N–H and O–H groups in total. The lowest BCUT2D eigenvalue weighted by atomic mass is 10.1. The molecule has 0 fully saturated rings. The van der Waals surface area contributed by atoms with Crippen LogP contribution in [-0.2, 0) is 0 Å². The van der Waals surface area contributed by atoms with Gasteiger partial charge in [-0.25, -0.2) is 0 Å². The summed E-state index contributed by atoms with van der Waals surface area (Å²) in [5.74, 6) is 0.469. The Kier molecular flexibility index (Phi) is 5.68. The van der Waals surface area contributed by atoms with Gasteiger partial charge in [-0.05, 0) is 62.2 Å². The molecule has 0 saturated heterocycles. The lowest BCUT2D eigenvalue weighted by Crippen LogP contribution is -2.38. The quantitative estimate of drug-likeness (QED) is 0.606. The summed E-state index contributed by atoms with van der Waals surface area (Å²) in [6.45, 7) is 6.00. The third-order valence-electron chi connectivity index (χ3n) is 4.55. The van der Waals surface area contributed by atoms with Crippen molar-refractivity contribution in [1.29, 1.82) is 0 Å². The van der Waals surface area contributed by atoms with Gasteiger partial charge in [0.15, 0.2) is 0 Å². The maximum Gasteiger partial charge on any atom is 0.251 e. The number of nitrogens with one attached hydrogen (secondary N) is 1. The van der Waals surface area contributed by atoms with Crippen molar-refractivity contribution in [2.24, 2.45) is 0 Å². The Bertz CT molecular complexity index is 997. The van der Waals surface area contributed by atoms with Gasteiger partial charge in [-0.2, -0.15) is 0 Å². The van der Waals surface area contributed by atoms with Crippen LogP contribution in [0.1, 0.15) is 35.0 Å². The fraction of sp³-hybridized carbons (Fsp3) is 0.273. The number of rotatable bonds is 6. The summed E-state index contributed by atoms with van der Waals surface area (Å²) in [6.07, 6.45) is 0.696. The molecule has 28 heavy (non-hydrogen) atoms. The minimum absolute atomic E-state index is 0.0727. The van der Waals surface area contributed by atoms with Gasteiger partial charge in [-0.15, -0.1) is 0 Å². The molecule has 6 heteroatoms. The molecule has 1 unspecified atom stereocenters. The number of anilines is 1. The number of ether oxygens (including phenoxy) is 1. The number of hydrogen-bond donors (Lipinski definition) is 3. The second-order valence-electron chi connectivity index (χ2n) is 6.95. The third kappa shape index (κ3) is 4.34. The Morgan fingerprint density at radius 1 is 1.25 bits per heavy atom. The maximum absolute atomic E-state index is 12.5. The van der Waals surface area contributed by atoms with Gasteiger partial charge < -0.3 is 20.9 Å². The number of hydrogen-bond acceptors (Lipinski definition) is 5. The zero-order chi connectivity index (χ0) is 20.3. The van der Waals surface area contributed by atoms with Crippen LogP contribution in [0, 0.1) is 13.8 Å². The smallest absolute Gasteiger partial charge is 0.251 e. The van der Waals surface area contributed by atoms with Crippen molar-refractivity contribution in [3.8, 4) is 11.5 Å². The van der Waals surface area contributed by atoms with Crippen molar-refractivity contribution in [3.05, 3.63) is 59.3 Å². The molecule has 0 aliphatic heterocycles. The Balaban J connectivity index is 1.74. The first-order valence-corrected chi connectivity index (χ1v) is 9.27. The van der Waals surface area contributed by atoms with Crippen LogP contribution in [0.4, 0.5) is 5.69 Å². The lowest BCUT2D eigenvalue weighted by Gasteiger charge is -2.19. The van der Waals surface area contributed by atoms with Gasteiger partial charge in [-0.3, -0.25) is 9.78 Å². The summed E-state index contributed by atoms with van der Waals surface area (Å²) >= 11 is 0. The summed E-state index contributed by atoms with van der Waals surface area (Å²) in [4.78, 5) is 17.0. The number of phenols is 1. The van der Waals surface area contributed by atoms with Gasteiger partial charge in [0.2, 0.25) is 0 Å². The van der Waals surface area contributed by atoms with Gasteiger partial charge in [0.1, 0.15) is 18.1 Å². The highest BCUT2D eigenvalue weighted by molar-refractivity contribution is 5.96. The van der Waals surface area contributed by atoms with E-state index in [0.717, 1.165) is 22.2 Å². The number of amides is 1. The SMILES string of the molecule is CCC(COc1cccc2nc(C)cc(N)c12)NC(=O)c1cc(C)cc(O)c1. The molecule has 1 heterocycles. The highest BCUT2D eigenvalue weighted by atomic mass is 16.5. The van der Waals surface area contributed by atoms with E-state index in [-0.39, 0.29) is 17.7 Å². The average Bonchev–Trinajstić information content (AvgIpc) is 2.63. The molecule has 0 radical (unpaired) electrons. The predicted molar refractivity (Wildman–Crippen MR) is 111 cm³/mol. The summed E-state index contributed by atoms with van der Waals surface area (Å²) < 4.78 is 5.99. The Morgan fingerprint density at radius 3 is 2.75 bits per heavy atom. The van der Waals surface area contributed by atoms with Crippen LogP contribution in [0.3, 0.4) is 0 Å². The first-order valence-electron chi connectivity index (χ1n) is 9.27. The van der Waals surface area contributed by atoms with Crippen molar-refractivity contribution in [1.82, 2.24) is 10.3 Å². The van der Waals surface area contributed by atoms with E-state index in [0.29, 0.717) is 30.0 Å². The van der Waals surface area contributed by atoms with Crippen molar-refractivity contribution >= 4 is 22.5 Å². The van der Waals surface area contributed by atoms with Crippen LogP contribution < -0.4 is 15.8 Å². The summed E-state index contributed by atoms with van der Waals surface area (Å²) in [5, 5.41) is 13.4. The second-order valence-corrected chi connectivity index (χ2v) is 6.95. The number of aromatic hydroxyl groups is 1. The first kappa shape index (κ1) is 19.5. The molecule has 0 spiro atoms. The van der Waals surface area contributed by atoms with Crippen LogP contribution in [0.25, 0.3) is 10.9 Å². The Morgan fingerprint density at radius 2 is 2.04 bits per heavy atom. The molecule has 3 aromatic rings. The Hall–Kier alpha value is -3.28. The van der Waals surface area contributed by atoms with E-state index < -0.39 is 0 Å². The number of aromatic nitrogens is 1. The van der Waals surface area contributed by atoms with Crippen molar-refractivity contribution in [2.75, 3.05) is 12.3 Å². The second kappa shape index (κ2) is 8.17. The molecule has 1 aromatic heterocycles. The Labute approximate surface area is 164 Å². The van der Waals surface area contributed by atoms with E-state index in [4.69, 9.17) is 10.5 Å². The monoisotopic (exact) mass is 379 g/mol. The standard InChI is InChI=1S/C22H25N3O3/c1-4-16(25-22(27)15-8-13(2)9-17(26)11-15)12-28-20-7-5-6-19-21(20)18(23)10-14(3)24-19/h5-11,16,26H,4,12H2,1-3H3,(H2,23,24)(H,25,27). The number of nitrogens with two attached hydrogens (primary N) is 1. The number of carbonyl (C=O) groups is 1. The van der Waals surface area contributed by atoms with Gasteiger partial charge in [0, 0.05) is 16.9 Å². The third-order valence-corrected chi connectivity index (χ3v) is 4.55. The molecule has 0 bridgehead atoms. The van der Waals surface area contributed by atoms with Crippen LogP contribution in [0.2, 0.25) is 0 Å². The maximum atomic E-state index is 12.5.